The summed E-state index contributed by atoms with van der Waals surface area (Å²) in [5, 5.41) is 18.7. The molecule has 0 spiro atoms. The van der Waals surface area contributed by atoms with Crippen LogP contribution in [0.4, 0.5) is 0 Å². The third kappa shape index (κ3) is 2.05. The van der Waals surface area contributed by atoms with Crippen molar-refractivity contribution < 1.29 is 10.2 Å². The predicted molar refractivity (Wildman–Crippen MR) is 65.8 cm³/mol. The number of hydrogen-bond acceptors (Lipinski definition) is 6. The summed E-state index contributed by atoms with van der Waals surface area (Å²) in [5.74, 6) is 0.499. The summed E-state index contributed by atoms with van der Waals surface area (Å²) in [7, 11) is 0. The maximum Gasteiger partial charge on any atom is 0.133 e. The van der Waals surface area contributed by atoms with E-state index in [9.17, 15) is 5.11 Å². The standard InChI is InChI=1S/C11H18N4O2/c1-6-3-8-10(11(12)14-6)13-5-15(8)7(2)9(17)4-16/h3,5,7-10,16-17H,4H2,1-2H3,(H2,12,14)/t7-,8?,9-,10?/m1/s1. The Morgan fingerprint density at radius 3 is 2.94 bits per heavy atom. The lowest BCUT2D eigenvalue weighted by Gasteiger charge is -2.34. The van der Waals surface area contributed by atoms with Crippen LogP contribution in [0, 0.1) is 0 Å². The number of aliphatic imine (C=N–C) groups is 2. The van der Waals surface area contributed by atoms with Gasteiger partial charge in [0.05, 0.1) is 31.1 Å². The van der Waals surface area contributed by atoms with E-state index in [0.717, 1.165) is 5.70 Å². The van der Waals surface area contributed by atoms with Gasteiger partial charge in [0.2, 0.25) is 0 Å². The lowest BCUT2D eigenvalue weighted by Crippen LogP contribution is -2.50. The number of allylic oxidation sites excluding steroid dienone is 1. The Kier molecular flexibility index (Phi) is 3.17. The van der Waals surface area contributed by atoms with E-state index >= 15 is 0 Å². The largest absolute Gasteiger partial charge is 0.394 e. The predicted octanol–water partition coefficient (Wildman–Crippen LogP) is -0.916. The monoisotopic (exact) mass is 238 g/mol. The SMILES string of the molecule is CC1=CC2C(N=CN2[C@H](C)[C@H](O)CO)C(N)=N1. The van der Waals surface area contributed by atoms with Crippen LogP contribution in [-0.2, 0) is 0 Å². The van der Waals surface area contributed by atoms with Gasteiger partial charge in [-0.2, -0.15) is 0 Å². The van der Waals surface area contributed by atoms with E-state index in [0.29, 0.717) is 5.84 Å². The van der Waals surface area contributed by atoms with Gasteiger partial charge in [-0.05, 0) is 19.9 Å². The van der Waals surface area contributed by atoms with Crippen molar-refractivity contribution in [3.8, 4) is 0 Å². The zero-order valence-electron chi connectivity index (χ0n) is 9.98. The van der Waals surface area contributed by atoms with Crippen LogP contribution >= 0.6 is 0 Å². The lowest BCUT2D eigenvalue weighted by molar-refractivity contribution is 0.0383. The van der Waals surface area contributed by atoms with E-state index in [1.165, 1.54) is 0 Å². The number of nitrogens with two attached hydrogens (primary N) is 1. The summed E-state index contributed by atoms with van der Waals surface area (Å²) in [4.78, 5) is 10.4. The van der Waals surface area contributed by atoms with Gasteiger partial charge in [0, 0.05) is 5.70 Å². The van der Waals surface area contributed by atoms with Gasteiger partial charge in [-0.25, -0.2) is 4.99 Å². The molecule has 2 heterocycles. The zero-order valence-corrected chi connectivity index (χ0v) is 9.98. The highest BCUT2D eigenvalue weighted by Crippen LogP contribution is 2.24. The molecule has 0 aliphatic carbocycles. The summed E-state index contributed by atoms with van der Waals surface area (Å²) in [6, 6.07) is -0.399. The first kappa shape index (κ1) is 12.1. The maximum absolute atomic E-state index is 9.67. The molecule has 2 rings (SSSR count). The average Bonchev–Trinajstić information content (AvgIpc) is 2.70. The molecule has 0 fully saturated rings. The molecule has 0 radical (unpaired) electrons. The smallest absolute Gasteiger partial charge is 0.133 e. The molecule has 4 atom stereocenters. The van der Waals surface area contributed by atoms with Gasteiger partial charge in [0.1, 0.15) is 11.9 Å². The first-order valence-electron chi connectivity index (χ1n) is 5.66. The molecule has 6 heteroatoms. The summed E-state index contributed by atoms with van der Waals surface area (Å²) in [6.45, 7) is 3.46. The highest BCUT2D eigenvalue weighted by Gasteiger charge is 2.37. The topological polar surface area (TPSA) is 94.4 Å². The summed E-state index contributed by atoms with van der Waals surface area (Å²) in [6.07, 6.45) is 2.86. The summed E-state index contributed by atoms with van der Waals surface area (Å²) < 4.78 is 0. The number of fused-ring (bicyclic) bond motifs is 1. The molecule has 0 aromatic rings. The Morgan fingerprint density at radius 2 is 2.29 bits per heavy atom. The van der Waals surface area contributed by atoms with E-state index in [2.05, 4.69) is 9.98 Å². The molecule has 0 saturated heterocycles. The second-order valence-electron chi connectivity index (χ2n) is 4.48. The molecule has 0 aromatic heterocycles. The maximum atomic E-state index is 9.67. The molecule has 2 aliphatic rings. The number of nitrogens with zero attached hydrogens (tertiary/aromatic N) is 3. The van der Waals surface area contributed by atoms with Crippen molar-refractivity contribution in [3.05, 3.63) is 11.8 Å². The van der Waals surface area contributed by atoms with Crippen LogP contribution in [0.2, 0.25) is 0 Å². The van der Waals surface area contributed by atoms with Gasteiger partial charge < -0.3 is 20.8 Å². The molecule has 2 unspecified atom stereocenters. The molecule has 6 nitrogen and oxygen atoms in total. The van der Waals surface area contributed by atoms with Gasteiger partial charge >= 0.3 is 0 Å². The van der Waals surface area contributed by atoms with Gasteiger partial charge in [-0.1, -0.05) is 0 Å². The van der Waals surface area contributed by atoms with Crippen LogP contribution in [0.1, 0.15) is 13.8 Å². The molecule has 0 amide bonds. The molecule has 2 aliphatic heterocycles. The number of amidine groups is 1. The van der Waals surface area contributed by atoms with Crippen LogP contribution in [0.3, 0.4) is 0 Å². The fourth-order valence-electron chi connectivity index (χ4n) is 2.19. The van der Waals surface area contributed by atoms with Crippen molar-refractivity contribution >= 4 is 12.2 Å². The van der Waals surface area contributed by atoms with Gasteiger partial charge in [0.15, 0.2) is 0 Å². The summed E-state index contributed by atoms with van der Waals surface area (Å²) in [5.41, 5.74) is 6.69. The van der Waals surface area contributed by atoms with Crippen molar-refractivity contribution in [2.24, 2.45) is 15.7 Å². The highest BCUT2D eigenvalue weighted by atomic mass is 16.3. The molecule has 0 bridgehead atoms. The van der Waals surface area contributed by atoms with E-state index in [1.807, 2.05) is 24.8 Å². The number of aliphatic hydroxyl groups is 2. The normalized spacial score (nSPS) is 30.7. The fourth-order valence-corrected chi connectivity index (χ4v) is 2.19. The van der Waals surface area contributed by atoms with E-state index in [4.69, 9.17) is 10.8 Å². The fraction of sp³-hybridized carbons (Fsp3) is 0.636. The quantitative estimate of drug-likeness (QED) is 0.593. The molecule has 94 valence electrons. The first-order chi connectivity index (χ1) is 8.04. The molecule has 4 N–H and O–H groups in total. The van der Waals surface area contributed by atoms with Crippen LogP contribution in [-0.4, -0.2) is 58.1 Å². The minimum absolute atomic E-state index is 0.0105. The minimum Gasteiger partial charge on any atom is -0.394 e. The second kappa shape index (κ2) is 4.46. The Morgan fingerprint density at radius 1 is 1.59 bits per heavy atom. The lowest BCUT2D eigenvalue weighted by atomic mass is 10.0. The molecule has 0 saturated carbocycles. The van der Waals surface area contributed by atoms with E-state index in [1.54, 1.807) is 6.34 Å². The van der Waals surface area contributed by atoms with Crippen molar-refractivity contribution in [2.45, 2.75) is 38.1 Å². The molecule has 0 aromatic carbocycles. The van der Waals surface area contributed by atoms with Crippen molar-refractivity contribution in [1.29, 1.82) is 0 Å². The Bertz CT molecular complexity index is 391. The van der Waals surface area contributed by atoms with Crippen LogP contribution in [0.15, 0.2) is 21.8 Å². The van der Waals surface area contributed by atoms with E-state index < -0.39 is 6.10 Å². The van der Waals surface area contributed by atoms with Crippen molar-refractivity contribution in [2.75, 3.05) is 6.61 Å². The minimum atomic E-state index is -0.797. The highest BCUT2D eigenvalue weighted by molar-refractivity contribution is 5.91. The van der Waals surface area contributed by atoms with Gasteiger partial charge in [0.25, 0.3) is 0 Å². The van der Waals surface area contributed by atoms with Crippen molar-refractivity contribution in [3.63, 3.8) is 0 Å². The van der Waals surface area contributed by atoms with Gasteiger partial charge in [-0.3, -0.25) is 4.99 Å². The van der Waals surface area contributed by atoms with Crippen LogP contribution in [0.25, 0.3) is 0 Å². The Labute approximate surface area is 100 Å². The summed E-state index contributed by atoms with van der Waals surface area (Å²) >= 11 is 0. The Hall–Kier alpha value is -1.40. The van der Waals surface area contributed by atoms with Gasteiger partial charge in [-0.15, -0.1) is 0 Å². The van der Waals surface area contributed by atoms with Crippen molar-refractivity contribution in [1.82, 2.24) is 4.90 Å². The molecular formula is C11H18N4O2. The molecule has 17 heavy (non-hydrogen) atoms. The number of rotatable bonds is 3. The third-order valence-electron chi connectivity index (χ3n) is 3.26. The third-order valence-corrected chi connectivity index (χ3v) is 3.26. The zero-order chi connectivity index (χ0) is 12.6. The average molecular weight is 238 g/mol. The van der Waals surface area contributed by atoms with E-state index in [-0.39, 0.29) is 24.7 Å². The number of hydrogen-bond donors (Lipinski definition) is 3. The van der Waals surface area contributed by atoms with Crippen LogP contribution in [0.5, 0.6) is 0 Å². The first-order valence-corrected chi connectivity index (χ1v) is 5.66. The molecular weight excluding hydrogens is 220 g/mol. The second-order valence-corrected chi connectivity index (χ2v) is 4.48. The Balaban J connectivity index is 2.19. The number of aliphatic hydroxyl groups excluding tert-OH is 2. The van der Waals surface area contributed by atoms with Crippen LogP contribution < -0.4 is 5.73 Å².